The van der Waals surface area contributed by atoms with E-state index in [1.54, 1.807) is 0 Å². The number of rotatable bonds is 5. The molecule has 0 aromatic heterocycles. The van der Waals surface area contributed by atoms with Gasteiger partial charge in [0.25, 0.3) is 0 Å². The van der Waals surface area contributed by atoms with E-state index in [4.69, 9.17) is 0 Å². The molecule has 1 fully saturated rings. The van der Waals surface area contributed by atoms with Crippen LogP contribution < -0.4 is 0 Å². The third kappa shape index (κ3) is 4.94. The van der Waals surface area contributed by atoms with Gasteiger partial charge in [0.15, 0.2) is 11.6 Å². The van der Waals surface area contributed by atoms with E-state index in [2.05, 4.69) is 32.9 Å². The summed E-state index contributed by atoms with van der Waals surface area (Å²) in [5, 5.41) is 0. The maximum absolute atomic E-state index is 12.5. The van der Waals surface area contributed by atoms with Crippen molar-refractivity contribution in [3.63, 3.8) is 0 Å². The number of Topliss-reactive ketones (excluding diaryl/α,β-unsaturated/α-hetero) is 2. The van der Waals surface area contributed by atoms with Crippen LogP contribution >= 0.6 is 0 Å². The molecule has 3 rings (SSSR count). The van der Waals surface area contributed by atoms with Crippen molar-refractivity contribution in [3.8, 4) is 0 Å². The van der Waals surface area contributed by atoms with Crippen molar-refractivity contribution in [1.29, 1.82) is 0 Å². The van der Waals surface area contributed by atoms with E-state index in [1.807, 2.05) is 36.4 Å². The van der Waals surface area contributed by atoms with E-state index in [0.717, 1.165) is 0 Å². The molecule has 0 spiro atoms. The molecule has 0 bridgehead atoms. The third-order valence-electron chi connectivity index (χ3n) is 5.70. The molecular weight excluding hydrogens is 332 g/mol. The van der Waals surface area contributed by atoms with Crippen LogP contribution in [0.1, 0.15) is 97.1 Å². The van der Waals surface area contributed by atoms with Crippen LogP contribution in [0.5, 0.6) is 0 Å². The smallest absolute Gasteiger partial charge is 0.170 e. The summed E-state index contributed by atoms with van der Waals surface area (Å²) in [6, 6.07) is 15.6. The van der Waals surface area contributed by atoms with Gasteiger partial charge in [0, 0.05) is 11.1 Å². The SMILES string of the molecule is CC(C)(C)c1ccc(C(=O)CC(=O)c2ccc(C3CCCCC3)cc2)cc1. The molecule has 0 amide bonds. The molecule has 2 heteroatoms. The fraction of sp³-hybridized carbons (Fsp3) is 0.440. The Kier molecular flexibility index (Phi) is 5.94. The maximum Gasteiger partial charge on any atom is 0.170 e. The lowest BCUT2D eigenvalue weighted by Crippen LogP contribution is -2.12. The standard InChI is InChI=1S/C25H30O2/c1-25(2,3)22-15-13-21(14-16-22)24(27)17-23(26)20-11-9-19(10-12-20)18-7-5-4-6-8-18/h9-16,18H,4-8,17H2,1-3H3. The molecule has 1 saturated carbocycles. The van der Waals surface area contributed by atoms with E-state index < -0.39 is 0 Å². The zero-order valence-electron chi connectivity index (χ0n) is 16.8. The normalized spacial score (nSPS) is 15.5. The van der Waals surface area contributed by atoms with Crippen molar-refractivity contribution in [1.82, 2.24) is 0 Å². The van der Waals surface area contributed by atoms with Crippen molar-refractivity contribution >= 4 is 11.6 Å². The van der Waals surface area contributed by atoms with Gasteiger partial charge < -0.3 is 0 Å². The Bertz CT molecular complexity index is 786. The van der Waals surface area contributed by atoms with Gasteiger partial charge in [0.2, 0.25) is 0 Å². The first-order valence-corrected chi connectivity index (χ1v) is 10.1. The van der Waals surface area contributed by atoms with Crippen LogP contribution in [0.3, 0.4) is 0 Å². The number of carbonyl (C=O) groups excluding carboxylic acids is 2. The van der Waals surface area contributed by atoms with Crippen LogP contribution in [-0.2, 0) is 5.41 Å². The topological polar surface area (TPSA) is 34.1 Å². The largest absolute Gasteiger partial charge is 0.294 e. The van der Waals surface area contributed by atoms with E-state index >= 15 is 0 Å². The minimum absolute atomic E-state index is 0.0531. The molecule has 0 atom stereocenters. The fourth-order valence-corrected chi connectivity index (χ4v) is 3.88. The first-order valence-electron chi connectivity index (χ1n) is 10.1. The second-order valence-electron chi connectivity index (χ2n) is 8.81. The summed E-state index contributed by atoms with van der Waals surface area (Å²) in [6.07, 6.45) is 6.36. The van der Waals surface area contributed by atoms with Gasteiger partial charge in [-0.25, -0.2) is 0 Å². The first-order chi connectivity index (χ1) is 12.8. The summed E-state index contributed by atoms with van der Waals surface area (Å²) in [5.41, 5.74) is 3.81. The molecule has 0 N–H and O–H groups in total. The number of hydrogen-bond donors (Lipinski definition) is 0. The highest BCUT2D eigenvalue weighted by Gasteiger charge is 2.18. The monoisotopic (exact) mass is 362 g/mol. The average molecular weight is 363 g/mol. The van der Waals surface area contributed by atoms with Gasteiger partial charge in [0.1, 0.15) is 0 Å². The van der Waals surface area contributed by atoms with E-state index in [0.29, 0.717) is 17.0 Å². The van der Waals surface area contributed by atoms with Gasteiger partial charge >= 0.3 is 0 Å². The molecule has 142 valence electrons. The molecule has 0 saturated heterocycles. The van der Waals surface area contributed by atoms with Crippen LogP contribution in [0.4, 0.5) is 0 Å². The molecule has 2 nitrogen and oxygen atoms in total. The Morgan fingerprint density at radius 3 is 1.74 bits per heavy atom. The zero-order valence-corrected chi connectivity index (χ0v) is 16.8. The van der Waals surface area contributed by atoms with Crippen LogP contribution in [0, 0.1) is 0 Å². The second-order valence-corrected chi connectivity index (χ2v) is 8.81. The summed E-state index contributed by atoms with van der Waals surface area (Å²) in [7, 11) is 0. The van der Waals surface area contributed by atoms with Gasteiger partial charge in [-0.1, -0.05) is 88.6 Å². The van der Waals surface area contributed by atoms with Crippen molar-refractivity contribution in [3.05, 3.63) is 70.8 Å². The highest BCUT2D eigenvalue weighted by molar-refractivity contribution is 6.13. The molecule has 27 heavy (non-hydrogen) atoms. The van der Waals surface area contributed by atoms with Gasteiger partial charge in [0.05, 0.1) is 6.42 Å². The molecule has 0 aliphatic heterocycles. The van der Waals surface area contributed by atoms with Crippen molar-refractivity contribution in [2.75, 3.05) is 0 Å². The third-order valence-corrected chi connectivity index (χ3v) is 5.70. The highest BCUT2D eigenvalue weighted by Crippen LogP contribution is 2.32. The average Bonchev–Trinajstić information content (AvgIpc) is 2.68. The predicted molar refractivity (Wildman–Crippen MR) is 111 cm³/mol. The molecule has 1 aliphatic carbocycles. The molecule has 1 aliphatic rings. The van der Waals surface area contributed by atoms with E-state index in [9.17, 15) is 9.59 Å². The second kappa shape index (κ2) is 8.21. The Balaban J connectivity index is 1.63. The summed E-state index contributed by atoms with van der Waals surface area (Å²) in [4.78, 5) is 25.0. The Labute approximate surface area is 163 Å². The minimum Gasteiger partial charge on any atom is -0.294 e. The van der Waals surface area contributed by atoms with Gasteiger partial charge in [-0.3, -0.25) is 9.59 Å². The molecule has 0 radical (unpaired) electrons. The van der Waals surface area contributed by atoms with Crippen LogP contribution in [0.2, 0.25) is 0 Å². The zero-order chi connectivity index (χ0) is 19.4. The molecular formula is C25H30O2. The summed E-state index contributed by atoms with van der Waals surface area (Å²) >= 11 is 0. The van der Waals surface area contributed by atoms with E-state index in [1.165, 1.54) is 43.2 Å². The molecule has 0 unspecified atom stereocenters. The minimum atomic E-state index is -0.114. The Hall–Kier alpha value is -2.22. The van der Waals surface area contributed by atoms with Gasteiger partial charge in [-0.15, -0.1) is 0 Å². The summed E-state index contributed by atoms with van der Waals surface area (Å²) in [5.74, 6) is 0.415. The van der Waals surface area contributed by atoms with Gasteiger partial charge in [-0.2, -0.15) is 0 Å². The highest BCUT2D eigenvalue weighted by atomic mass is 16.1. The van der Waals surface area contributed by atoms with Crippen molar-refractivity contribution < 1.29 is 9.59 Å². The van der Waals surface area contributed by atoms with Crippen molar-refractivity contribution in [2.45, 2.75) is 70.6 Å². The number of ketones is 2. The lowest BCUT2D eigenvalue weighted by atomic mass is 9.83. The molecule has 0 heterocycles. The van der Waals surface area contributed by atoms with Gasteiger partial charge in [-0.05, 0) is 35.3 Å². The molecule has 2 aromatic carbocycles. The molecule has 2 aromatic rings. The van der Waals surface area contributed by atoms with Crippen LogP contribution in [0.25, 0.3) is 0 Å². The quantitative estimate of drug-likeness (QED) is 0.450. The lowest BCUT2D eigenvalue weighted by Gasteiger charge is -2.22. The fourth-order valence-electron chi connectivity index (χ4n) is 3.88. The van der Waals surface area contributed by atoms with Crippen molar-refractivity contribution in [2.24, 2.45) is 0 Å². The predicted octanol–water partition coefficient (Wildman–Crippen LogP) is 6.49. The summed E-state index contributed by atoms with van der Waals surface area (Å²) < 4.78 is 0. The van der Waals surface area contributed by atoms with Crippen LogP contribution in [0.15, 0.2) is 48.5 Å². The lowest BCUT2D eigenvalue weighted by molar-refractivity contribution is 0.0894. The first kappa shape index (κ1) is 19.5. The van der Waals surface area contributed by atoms with Crippen LogP contribution in [-0.4, -0.2) is 11.6 Å². The number of benzene rings is 2. The van der Waals surface area contributed by atoms with E-state index in [-0.39, 0.29) is 23.4 Å². The number of carbonyl (C=O) groups is 2. The maximum atomic E-state index is 12.5. The Morgan fingerprint density at radius 2 is 1.26 bits per heavy atom. The number of hydrogen-bond acceptors (Lipinski definition) is 2. The summed E-state index contributed by atoms with van der Waals surface area (Å²) in [6.45, 7) is 6.43. The Morgan fingerprint density at radius 1 is 0.778 bits per heavy atom.